The van der Waals surface area contributed by atoms with E-state index in [9.17, 15) is 22.3 Å². The number of anilines is 1. The molecule has 4 rings (SSSR count). The van der Waals surface area contributed by atoms with Crippen LogP contribution in [0.4, 0.5) is 14.7 Å². The number of aromatic nitrogens is 4. The maximum Gasteiger partial charge on any atom is 0.248 e. The summed E-state index contributed by atoms with van der Waals surface area (Å²) in [6, 6.07) is 9.91. The molecule has 1 aromatic carbocycles. The number of methoxy groups -OCH3 is 3. The van der Waals surface area contributed by atoms with Crippen molar-refractivity contribution in [3.05, 3.63) is 36.4 Å². The molecule has 2 heterocycles. The first-order valence-electron chi connectivity index (χ1n) is 11.3. The van der Waals surface area contributed by atoms with Crippen LogP contribution in [0.2, 0.25) is 0 Å². The lowest BCUT2D eigenvalue weighted by atomic mass is 9.77. The number of aliphatic hydroxyl groups is 1. The lowest BCUT2D eigenvalue weighted by Crippen LogP contribution is -2.49. The highest BCUT2D eigenvalue weighted by Crippen LogP contribution is 2.45. The van der Waals surface area contributed by atoms with Crippen LogP contribution < -0.4 is 18.9 Å². The molecule has 0 aliphatic heterocycles. The normalized spacial score (nSPS) is 16.9. The zero-order valence-electron chi connectivity index (χ0n) is 20.6. The van der Waals surface area contributed by atoms with Gasteiger partial charge in [0.15, 0.2) is 5.82 Å². The summed E-state index contributed by atoms with van der Waals surface area (Å²) in [5.74, 6) is -2.95. The number of hydrogen-bond donors (Lipinski definition) is 2. The summed E-state index contributed by atoms with van der Waals surface area (Å²) in [6.07, 6.45) is -2.66. The van der Waals surface area contributed by atoms with Crippen molar-refractivity contribution in [2.75, 3.05) is 26.1 Å². The van der Waals surface area contributed by atoms with Crippen molar-refractivity contribution in [2.45, 2.75) is 37.0 Å². The molecule has 1 aliphatic carbocycles. The molecule has 200 valence electrons. The summed E-state index contributed by atoms with van der Waals surface area (Å²) in [5, 5.41) is 17.3. The predicted molar refractivity (Wildman–Crippen MR) is 130 cm³/mol. The molecule has 11 nitrogen and oxygen atoms in total. The van der Waals surface area contributed by atoms with E-state index >= 15 is 0 Å². The topological polar surface area (TPSA) is 138 Å². The van der Waals surface area contributed by atoms with Crippen molar-refractivity contribution in [1.29, 1.82) is 0 Å². The monoisotopic (exact) mass is 539 g/mol. The fraction of sp³-hybridized carbons (Fsp3) is 0.435. The van der Waals surface area contributed by atoms with Crippen molar-refractivity contribution in [1.82, 2.24) is 19.7 Å². The van der Waals surface area contributed by atoms with Crippen molar-refractivity contribution < 1.29 is 36.5 Å². The van der Waals surface area contributed by atoms with E-state index in [2.05, 4.69) is 19.9 Å². The van der Waals surface area contributed by atoms with Gasteiger partial charge < -0.3 is 19.3 Å². The van der Waals surface area contributed by atoms with Gasteiger partial charge in [-0.25, -0.2) is 22.2 Å². The molecule has 2 aromatic heterocycles. The number of ether oxygens (including phenoxy) is 3. The SMILES string of the molecule is COc1cccc(-c2nnc(NS(=O)(=O)[C@H](C)[C@@H](O)C3CC(F)(F)C3)n2-c2c(OC)cccc2OC)n1. The molecule has 1 aliphatic rings. The highest BCUT2D eigenvalue weighted by Gasteiger charge is 2.51. The second-order valence-corrected chi connectivity index (χ2v) is 10.7. The number of benzene rings is 1. The van der Waals surface area contributed by atoms with Gasteiger partial charge in [-0.1, -0.05) is 12.1 Å². The van der Waals surface area contributed by atoms with Gasteiger partial charge in [-0.15, -0.1) is 10.2 Å². The molecule has 14 heteroatoms. The smallest absolute Gasteiger partial charge is 0.248 e. The molecular weight excluding hydrogens is 512 g/mol. The van der Waals surface area contributed by atoms with E-state index in [0.29, 0.717) is 17.2 Å². The molecule has 1 fully saturated rings. The van der Waals surface area contributed by atoms with Gasteiger partial charge in [0.1, 0.15) is 28.1 Å². The molecule has 0 saturated heterocycles. The van der Waals surface area contributed by atoms with E-state index in [4.69, 9.17) is 14.2 Å². The van der Waals surface area contributed by atoms with Crippen LogP contribution in [0, 0.1) is 5.92 Å². The highest BCUT2D eigenvalue weighted by molar-refractivity contribution is 7.93. The number of nitrogens with one attached hydrogen (secondary N) is 1. The summed E-state index contributed by atoms with van der Waals surface area (Å²) in [5.41, 5.74) is 0.580. The Morgan fingerprint density at radius 3 is 2.24 bits per heavy atom. The first-order chi connectivity index (χ1) is 17.5. The number of rotatable bonds is 10. The van der Waals surface area contributed by atoms with Crippen LogP contribution in [-0.4, -0.2) is 71.9 Å². The first-order valence-corrected chi connectivity index (χ1v) is 12.8. The van der Waals surface area contributed by atoms with E-state index < -0.39 is 46.1 Å². The quantitative estimate of drug-likeness (QED) is 0.398. The summed E-state index contributed by atoms with van der Waals surface area (Å²) in [4.78, 5) is 4.37. The van der Waals surface area contributed by atoms with Gasteiger partial charge >= 0.3 is 0 Å². The number of sulfonamides is 1. The number of halogens is 2. The number of hydrogen-bond acceptors (Lipinski definition) is 9. The van der Waals surface area contributed by atoms with Crippen LogP contribution >= 0.6 is 0 Å². The lowest BCUT2D eigenvalue weighted by Gasteiger charge is -2.39. The van der Waals surface area contributed by atoms with Gasteiger partial charge in [-0.2, -0.15) is 0 Å². The van der Waals surface area contributed by atoms with E-state index in [0.717, 1.165) is 0 Å². The Hall–Kier alpha value is -3.52. The van der Waals surface area contributed by atoms with Gasteiger partial charge in [0, 0.05) is 18.9 Å². The van der Waals surface area contributed by atoms with Crippen LogP contribution in [0.3, 0.4) is 0 Å². The minimum absolute atomic E-state index is 0.131. The van der Waals surface area contributed by atoms with E-state index in [1.807, 2.05) is 0 Å². The van der Waals surface area contributed by atoms with Crippen LogP contribution in [0.1, 0.15) is 19.8 Å². The standard InChI is InChI=1S/C23H27F2N5O6S/c1-13(20(31)14-11-23(24,25)12-14)37(32,33)29-22-28-27-21(15-7-5-10-18(26-15)36-4)30(22)19-16(34-2)8-6-9-17(19)35-3/h5-10,13-14,20,31H,11-12H2,1-4H3,(H,28,29)/t13-,20-/m1/s1. The molecule has 0 amide bonds. The van der Waals surface area contributed by atoms with E-state index in [-0.39, 0.29) is 23.3 Å². The fourth-order valence-electron chi connectivity index (χ4n) is 4.17. The van der Waals surface area contributed by atoms with Crippen molar-refractivity contribution in [3.8, 4) is 34.6 Å². The molecule has 0 bridgehead atoms. The van der Waals surface area contributed by atoms with Gasteiger partial charge in [0.2, 0.25) is 27.8 Å². The van der Waals surface area contributed by atoms with Gasteiger partial charge in [-0.3, -0.25) is 9.29 Å². The number of alkyl halides is 2. The second kappa shape index (κ2) is 10.1. The zero-order valence-corrected chi connectivity index (χ0v) is 21.4. The lowest BCUT2D eigenvalue weighted by molar-refractivity contribution is -0.140. The molecule has 1 saturated carbocycles. The second-order valence-electron chi connectivity index (χ2n) is 8.63. The average Bonchev–Trinajstić information content (AvgIpc) is 3.27. The summed E-state index contributed by atoms with van der Waals surface area (Å²) < 4.78 is 73.0. The van der Waals surface area contributed by atoms with E-state index in [1.54, 1.807) is 36.4 Å². The molecule has 37 heavy (non-hydrogen) atoms. The third-order valence-electron chi connectivity index (χ3n) is 6.26. The third kappa shape index (κ3) is 5.16. The number of aliphatic hydroxyl groups excluding tert-OH is 1. The van der Waals surface area contributed by atoms with Crippen LogP contribution in [0.25, 0.3) is 17.2 Å². The van der Waals surface area contributed by atoms with Crippen LogP contribution in [-0.2, 0) is 10.0 Å². The molecule has 2 N–H and O–H groups in total. The maximum absolute atomic E-state index is 13.3. The third-order valence-corrected chi connectivity index (χ3v) is 7.98. The van der Waals surface area contributed by atoms with Crippen molar-refractivity contribution in [2.24, 2.45) is 5.92 Å². The minimum Gasteiger partial charge on any atom is -0.494 e. The largest absolute Gasteiger partial charge is 0.494 e. The number of pyridine rings is 1. The molecule has 2 atom stereocenters. The Morgan fingerprint density at radius 1 is 1.05 bits per heavy atom. The van der Waals surface area contributed by atoms with Crippen molar-refractivity contribution >= 4 is 16.0 Å². The molecule has 0 unspecified atom stereocenters. The molecule has 0 radical (unpaired) electrons. The van der Waals surface area contributed by atoms with Gasteiger partial charge in [0.25, 0.3) is 0 Å². The maximum atomic E-state index is 13.3. The van der Waals surface area contributed by atoms with Crippen LogP contribution in [0.15, 0.2) is 36.4 Å². The summed E-state index contributed by atoms with van der Waals surface area (Å²) in [6.45, 7) is 1.25. The zero-order chi connectivity index (χ0) is 27.0. The molecular formula is C23H27F2N5O6S. The molecule has 0 spiro atoms. The minimum atomic E-state index is -4.32. The average molecular weight is 540 g/mol. The first kappa shape index (κ1) is 26.5. The van der Waals surface area contributed by atoms with E-state index in [1.165, 1.54) is 32.8 Å². The Bertz CT molecular complexity index is 1350. The Kier molecular flexibility index (Phi) is 7.24. The Labute approximate surface area is 212 Å². The fourth-order valence-corrected chi connectivity index (χ4v) is 5.33. The Balaban J connectivity index is 1.80. The van der Waals surface area contributed by atoms with Crippen molar-refractivity contribution in [3.63, 3.8) is 0 Å². The van der Waals surface area contributed by atoms with Gasteiger partial charge in [0.05, 0.1) is 27.4 Å². The molecule has 3 aromatic rings. The predicted octanol–water partition coefficient (Wildman–Crippen LogP) is 2.89. The summed E-state index contributed by atoms with van der Waals surface area (Å²) >= 11 is 0. The van der Waals surface area contributed by atoms with Crippen LogP contribution in [0.5, 0.6) is 17.4 Å². The highest BCUT2D eigenvalue weighted by atomic mass is 32.2. The summed E-state index contributed by atoms with van der Waals surface area (Å²) in [7, 11) is -0.00201. The number of nitrogens with zero attached hydrogens (tertiary/aromatic N) is 4. The number of para-hydroxylation sites is 1. The van der Waals surface area contributed by atoms with Gasteiger partial charge in [-0.05, 0) is 31.0 Å². The Morgan fingerprint density at radius 2 is 1.68 bits per heavy atom.